The van der Waals surface area contributed by atoms with E-state index in [2.05, 4.69) is 6.92 Å². The highest BCUT2D eigenvalue weighted by Crippen LogP contribution is 2.33. The van der Waals surface area contributed by atoms with Crippen molar-refractivity contribution in [1.29, 1.82) is 0 Å². The van der Waals surface area contributed by atoms with Gasteiger partial charge in [-0.05, 0) is 62.6 Å². The molecule has 0 aliphatic heterocycles. The van der Waals surface area contributed by atoms with E-state index >= 15 is 0 Å². The zero-order chi connectivity index (χ0) is 18.7. The molecule has 0 bridgehead atoms. The zero-order valence-corrected chi connectivity index (χ0v) is 15.7. The maximum atomic E-state index is 12.8. The van der Waals surface area contributed by atoms with Crippen molar-refractivity contribution in [2.75, 3.05) is 13.2 Å². The fraction of sp³-hybridized carbons (Fsp3) is 0.318. The third-order valence-corrected chi connectivity index (χ3v) is 4.29. The molecule has 0 unspecified atom stereocenters. The van der Waals surface area contributed by atoms with E-state index in [9.17, 15) is 4.79 Å². The Kier molecular flexibility index (Phi) is 5.31. The molecule has 0 saturated carbocycles. The Morgan fingerprint density at radius 3 is 2.23 bits per heavy atom. The lowest BCUT2D eigenvalue weighted by molar-refractivity contribution is 0.317. The molecule has 0 amide bonds. The van der Waals surface area contributed by atoms with Gasteiger partial charge in [-0.3, -0.25) is 4.79 Å². The van der Waals surface area contributed by atoms with E-state index in [1.807, 2.05) is 51.1 Å². The quantitative estimate of drug-likeness (QED) is 0.607. The van der Waals surface area contributed by atoms with E-state index in [0.717, 1.165) is 28.7 Å². The Bertz CT molecular complexity index is 968. The molecule has 1 aromatic heterocycles. The molecule has 0 fully saturated rings. The normalized spacial score (nSPS) is 10.9. The summed E-state index contributed by atoms with van der Waals surface area (Å²) in [4.78, 5) is 12.8. The summed E-state index contributed by atoms with van der Waals surface area (Å²) in [5.41, 5.74) is 1.69. The highest BCUT2D eigenvalue weighted by Gasteiger charge is 2.16. The van der Waals surface area contributed by atoms with Crippen molar-refractivity contribution >= 4 is 10.8 Å². The molecule has 0 atom stereocenters. The number of hydrogen-bond donors (Lipinski definition) is 0. The van der Waals surface area contributed by atoms with Gasteiger partial charge in [-0.15, -0.1) is 0 Å². The lowest BCUT2D eigenvalue weighted by Crippen LogP contribution is -1.96. The Morgan fingerprint density at radius 2 is 1.58 bits per heavy atom. The van der Waals surface area contributed by atoms with E-state index in [1.165, 1.54) is 0 Å². The first kappa shape index (κ1) is 18.1. The predicted molar refractivity (Wildman–Crippen MR) is 104 cm³/mol. The summed E-state index contributed by atoms with van der Waals surface area (Å²) in [7, 11) is 0. The molecular formula is C22H24O4. The van der Waals surface area contributed by atoms with Gasteiger partial charge < -0.3 is 13.9 Å². The van der Waals surface area contributed by atoms with Crippen LogP contribution in [0.15, 0.2) is 45.6 Å². The Hall–Kier alpha value is -2.75. The molecule has 0 aliphatic rings. The molecule has 3 rings (SSSR count). The molecular weight excluding hydrogens is 328 g/mol. The second-order valence-corrected chi connectivity index (χ2v) is 6.24. The minimum atomic E-state index is -0.0680. The molecule has 2 aromatic carbocycles. The SMILES string of the molecule is CCCOc1ccc(-c2cc(OCC)c3c(C)oc(C)c3c(=O)c2)cc1. The molecule has 136 valence electrons. The smallest absolute Gasteiger partial charge is 0.190 e. The fourth-order valence-corrected chi connectivity index (χ4v) is 3.15. The van der Waals surface area contributed by atoms with Crippen molar-refractivity contribution in [2.45, 2.75) is 34.1 Å². The molecule has 0 radical (unpaired) electrons. The lowest BCUT2D eigenvalue weighted by atomic mass is 10.1. The van der Waals surface area contributed by atoms with Gasteiger partial charge in [-0.1, -0.05) is 19.1 Å². The van der Waals surface area contributed by atoms with E-state index in [-0.39, 0.29) is 5.43 Å². The van der Waals surface area contributed by atoms with Crippen LogP contribution in [0.3, 0.4) is 0 Å². The zero-order valence-electron chi connectivity index (χ0n) is 15.7. The van der Waals surface area contributed by atoms with Crippen molar-refractivity contribution in [1.82, 2.24) is 0 Å². The topological polar surface area (TPSA) is 48.7 Å². The summed E-state index contributed by atoms with van der Waals surface area (Å²) in [6.07, 6.45) is 0.965. The maximum Gasteiger partial charge on any atom is 0.190 e. The molecule has 3 aromatic rings. The summed E-state index contributed by atoms with van der Waals surface area (Å²) >= 11 is 0. The number of aryl methyl sites for hydroxylation is 2. The first-order chi connectivity index (χ1) is 12.5. The molecule has 0 aliphatic carbocycles. The molecule has 0 saturated heterocycles. The summed E-state index contributed by atoms with van der Waals surface area (Å²) < 4.78 is 17.2. The highest BCUT2D eigenvalue weighted by atomic mass is 16.5. The summed E-state index contributed by atoms with van der Waals surface area (Å²) in [5, 5.41) is 1.34. The van der Waals surface area contributed by atoms with Crippen LogP contribution >= 0.6 is 0 Å². The van der Waals surface area contributed by atoms with E-state index in [1.54, 1.807) is 6.07 Å². The van der Waals surface area contributed by atoms with Crippen LogP contribution in [-0.4, -0.2) is 13.2 Å². The predicted octanol–water partition coefficient (Wildman–Crippen LogP) is 5.26. The van der Waals surface area contributed by atoms with Crippen molar-refractivity contribution in [2.24, 2.45) is 0 Å². The van der Waals surface area contributed by atoms with Crippen LogP contribution in [0.25, 0.3) is 21.9 Å². The van der Waals surface area contributed by atoms with Crippen LogP contribution in [-0.2, 0) is 0 Å². The van der Waals surface area contributed by atoms with Crippen LogP contribution in [0.1, 0.15) is 31.8 Å². The van der Waals surface area contributed by atoms with Gasteiger partial charge in [0, 0.05) is 0 Å². The monoisotopic (exact) mass is 352 g/mol. The Morgan fingerprint density at radius 1 is 0.885 bits per heavy atom. The number of fused-ring (bicyclic) bond motifs is 1. The van der Waals surface area contributed by atoms with Gasteiger partial charge in [0.05, 0.1) is 24.0 Å². The van der Waals surface area contributed by atoms with Crippen LogP contribution in [0.5, 0.6) is 11.5 Å². The van der Waals surface area contributed by atoms with E-state index in [4.69, 9.17) is 13.9 Å². The number of furan rings is 1. The highest BCUT2D eigenvalue weighted by molar-refractivity contribution is 5.92. The molecule has 1 heterocycles. The third kappa shape index (κ3) is 3.45. The Labute approximate surface area is 153 Å². The van der Waals surface area contributed by atoms with Crippen molar-refractivity contribution < 1.29 is 13.9 Å². The fourth-order valence-electron chi connectivity index (χ4n) is 3.15. The summed E-state index contributed by atoms with van der Waals surface area (Å²) in [6.45, 7) is 8.88. The van der Waals surface area contributed by atoms with Gasteiger partial charge in [0.15, 0.2) is 5.43 Å². The van der Waals surface area contributed by atoms with Crippen molar-refractivity contribution in [3.05, 3.63) is 58.1 Å². The number of ether oxygens (including phenoxy) is 2. The van der Waals surface area contributed by atoms with Crippen molar-refractivity contribution in [3.63, 3.8) is 0 Å². The average Bonchev–Trinajstić information content (AvgIpc) is 2.83. The van der Waals surface area contributed by atoms with Gasteiger partial charge >= 0.3 is 0 Å². The molecule has 0 spiro atoms. The van der Waals surface area contributed by atoms with Crippen LogP contribution < -0.4 is 14.9 Å². The molecule has 26 heavy (non-hydrogen) atoms. The van der Waals surface area contributed by atoms with Crippen LogP contribution in [0, 0.1) is 13.8 Å². The molecule has 0 N–H and O–H groups in total. The van der Waals surface area contributed by atoms with Gasteiger partial charge in [-0.25, -0.2) is 0 Å². The number of hydrogen-bond acceptors (Lipinski definition) is 4. The third-order valence-electron chi connectivity index (χ3n) is 4.29. The summed E-state index contributed by atoms with van der Waals surface area (Å²) in [5.74, 6) is 2.81. The average molecular weight is 352 g/mol. The standard InChI is InChI=1S/C22H24O4/c1-5-11-25-18-9-7-16(8-10-18)17-12-19(23)21-14(3)26-15(4)22(21)20(13-17)24-6-2/h7-10,12-13H,5-6,11H2,1-4H3. The van der Waals surface area contributed by atoms with Gasteiger partial charge in [0.1, 0.15) is 23.0 Å². The van der Waals surface area contributed by atoms with Crippen LogP contribution in [0.2, 0.25) is 0 Å². The van der Waals surface area contributed by atoms with Crippen molar-refractivity contribution in [3.8, 4) is 22.6 Å². The largest absolute Gasteiger partial charge is 0.494 e. The lowest BCUT2D eigenvalue weighted by Gasteiger charge is -2.06. The maximum absolute atomic E-state index is 12.8. The van der Waals surface area contributed by atoms with Crippen LogP contribution in [0.4, 0.5) is 0 Å². The summed E-state index contributed by atoms with van der Waals surface area (Å²) in [6, 6.07) is 11.3. The van der Waals surface area contributed by atoms with E-state index < -0.39 is 0 Å². The minimum absolute atomic E-state index is 0.0680. The molecule has 4 nitrogen and oxygen atoms in total. The minimum Gasteiger partial charge on any atom is -0.494 e. The van der Waals surface area contributed by atoms with Gasteiger partial charge in [0.2, 0.25) is 0 Å². The van der Waals surface area contributed by atoms with E-state index in [0.29, 0.717) is 35.9 Å². The Balaban J connectivity index is 2.16. The second-order valence-electron chi connectivity index (χ2n) is 6.24. The van der Waals surface area contributed by atoms with Gasteiger partial charge in [0.25, 0.3) is 0 Å². The van der Waals surface area contributed by atoms with Gasteiger partial charge in [-0.2, -0.15) is 0 Å². The first-order valence-corrected chi connectivity index (χ1v) is 8.99. The first-order valence-electron chi connectivity index (χ1n) is 8.99. The number of rotatable bonds is 6. The second kappa shape index (κ2) is 7.65. The number of benzene rings is 1. The molecule has 4 heteroatoms.